The van der Waals surface area contributed by atoms with Gasteiger partial charge in [-0.3, -0.25) is 4.68 Å². The number of hydrogen-bond donors (Lipinski definition) is 0. The molecule has 0 saturated carbocycles. The van der Waals surface area contributed by atoms with E-state index in [9.17, 15) is 0 Å². The number of ether oxygens (including phenoxy) is 1. The van der Waals surface area contributed by atoms with Gasteiger partial charge in [0.25, 0.3) is 0 Å². The second-order valence-electron chi connectivity index (χ2n) is 5.60. The highest BCUT2D eigenvalue weighted by molar-refractivity contribution is 8.03. The van der Waals surface area contributed by atoms with E-state index < -0.39 is 0 Å². The summed E-state index contributed by atoms with van der Waals surface area (Å²) >= 11 is 1.13. The lowest BCUT2D eigenvalue weighted by Crippen LogP contribution is -2.26. The summed E-state index contributed by atoms with van der Waals surface area (Å²) in [5.74, 6) is 0. The van der Waals surface area contributed by atoms with Crippen LogP contribution in [-0.2, 0) is 10.2 Å². The van der Waals surface area contributed by atoms with Gasteiger partial charge in [0.05, 0.1) is 6.04 Å². The first-order valence-electron chi connectivity index (χ1n) is 6.26. The van der Waals surface area contributed by atoms with E-state index in [4.69, 9.17) is 10.00 Å². The zero-order valence-electron chi connectivity index (χ0n) is 11.1. The Labute approximate surface area is 112 Å². The first-order chi connectivity index (χ1) is 8.52. The van der Waals surface area contributed by atoms with Crippen LogP contribution in [0, 0.1) is 10.7 Å². The van der Waals surface area contributed by atoms with Crippen LogP contribution in [0.1, 0.15) is 45.3 Å². The molecule has 0 spiro atoms. The van der Waals surface area contributed by atoms with Crippen LogP contribution in [0.15, 0.2) is 11.1 Å². The third-order valence-electron chi connectivity index (χ3n) is 3.17. The van der Waals surface area contributed by atoms with Crippen molar-refractivity contribution < 1.29 is 4.74 Å². The summed E-state index contributed by atoms with van der Waals surface area (Å²) in [7, 11) is 0. The van der Waals surface area contributed by atoms with E-state index in [0.29, 0.717) is 6.04 Å². The van der Waals surface area contributed by atoms with Crippen molar-refractivity contribution in [3.05, 3.63) is 11.8 Å². The molecule has 0 unspecified atom stereocenters. The Balaban J connectivity index is 2.34. The van der Waals surface area contributed by atoms with Gasteiger partial charge in [-0.15, -0.1) is 0 Å². The maximum Gasteiger partial charge on any atom is 0.140 e. The number of thioether (sulfide) groups is 1. The first-order valence-corrected chi connectivity index (χ1v) is 7.07. The van der Waals surface area contributed by atoms with Gasteiger partial charge in [0, 0.05) is 36.1 Å². The van der Waals surface area contributed by atoms with Gasteiger partial charge >= 0.3 is 0 Å². The molecule has 0 N–H and O–H groups in total. The zero-order valence-corrected chi connectivity index (χ0v) is 12.0. The van der Waals surface area contributed by atoms with Gasteiger partial charge in [-0.2, -0.15) is 10.4 Å². The van der Waals surface area contributed by atoms with Crippen molar-refractivity contribution in [1.82, 2.24) is 9.78 Å². The Bertz CT molecular complexity index is 450. The molecule has 0 atom stereocenters. The summed E-state index contributed by atoms with van der Waals surface area (Å²) in [6.07, 6.45) is 2.00. The molecule has 5 heteroatoms. The largest absolute Gasteiger partial charge is 0.381 e. The minimum Gasteiger partial charge on any atom is -0.381 e. The van der Waals surface area contributed by atoms with Gasteiger partial charge in [0.15, 0.2) is 0 Å². The van der Waals surface area contributed by atoms with Gasteiger partial charge in [-0.05, 0) is 18.9 Å². The molecule has 0 amide bonds. The average Bonchev–Trinajstić information content (AvgIpc) is 2.75. The van der Waals surface area contributed by atoms with Crippen LogP contribution >= 0.6 is 11.8 Å². The molecule has 1 aromatic rings. The smallest absolute Gasteiger partial charge is 0.140 e. The van der Waals surface area contributed by atoms with E-state index in [1.807, 2.05) is 6.07 Å². The lowest BCUT2D eigenvalue weighted by molar-refractivity contribution is 0.0643. The minimum atomic E-state index is 0.0412. The highest BCUT2D eigenvalue weighted by Gasteiger charge is 2.26. The van der Waals surface area contributed by atoms with Gasteiger partial charge in [-0.25, -0.2) is 0 Å². The molecule has 0 bridgehead atoms. The molecule has 98 valence electrons. The van der Waals surface area contributed by atoms with Gasteiger partial charge in [-0.1, -0.05) is 20.8 Å². The number of rotatable bonds is 2. The number of nitriles is 1. The second kappa shape index (κ2) is 5.33. The lowest BCUT2D eigenvalue weighted by atomic mass is 9.91. The highest BCUT2D eigenvalue weighted by atomic mass is 32.2. The van der Waals surface area contributed by atoms with Crippen molar-refractivity contribution in [2.75, 3.05) is 13.2 Å². The topological polar surface area (TPSA) is 50.8 Å². The van der Waals surface area contributed by atoms with Crippen LogP contribution < -0.4 is 0 Å². The molecule has 0 aromatic carbocycles. The highest BCUT2D eigenvalue weighted by Crippen LogP contribution is 2.32. The molecule has 1 saturated heterocycles. The van der Waals surface area contributed by atoms with Crippen LogP contribution in [-0.4, -0.2) is 23.0 Å². The molecule has 2 rings (SSSR count). The molecule has 0 radical (unpaired) electrons. The van der Waals surface area contributed by atoms with Crippen molar-refractivity contribution in [3.63, 3.8) is 0 Å². The third-order valence-corrected chi connectivity index (χ3v) is 3.67. The molecule has 0 aliphatic carbocycles. The Kier molecular flexibility index (Phi) is 3.98. The fourth-order valence-electron chi connectivity index (χ4n) is 2.24. The fraction of sp³-hybridized carbons (Fsp3) is 0.692. The maximum absolute atomic E-state index is 8.78. The van der Waals surface area contributed by atoms with E-state index in [-0.39, 0.29) is 5.41 Å². The van der Waals surface area contributed by atoms with E-state index in [1.54, 1.807) is 0 Å². The van der Waals surface area contributed by atoms with Gasteiger partial charge < -0.3 is 4.74 Å². The summed E-state index contributed by atoms with van der Waals surface area (Å²) in [5.41, 5.74) is 1.24. The van der Waals surface area contributed by atoms with E-state index >= 15 is 0 Å². The van der Waals surface area contributed by atoms with Crippen molar-refractivity contribution in [1.29, 1.82) is 5.26 Å². The molecule has 18 heavy (non-hydrogen) atoms. The predicted octanol–water partition coefficient (Wildman–Crippen LogP) is 3.11. The van der Waals surface area contributed by atoms with E-state index in [0.717, 1.165) is 42.8 Å². The third kappa shape index (κ3) is 2.88. The Morgan fingerprint density at radius 3 is 2.67 bits per heavy atom. The van der Waals surface area contributed by atoms with E-state index in [1.165, 1.54) is 5.69 Å². The molecule has 2 heterocycles. The number of hydrogen-bond acceptors (Lipinski definition) is 4. The molecule has 1 aliphatic rings. The molecule has 1 aromatic heterocycles. The summed E-state index contributed by atoms with van der Waals surface area (Å²) in [6, 6.07) is 2.45. The summed E-state index contributed by atoms with van der Waals surface area (Å²) in [6.45, 7) is 8.14. The van der Waals surface area contributed by atoms with Gasteiger partial charge in [0.2, 0.25) is 0 Å². The zero-order chi connectivity index (χ0) is 13.2. The first kappa shape index (κ1) is 13.4. The van der Waals surface area contributed by atoms with Crippen molar-refractivity contribution in [2.24, 2.45) is 0 Å². The summed E-state index contributed by atoms with van der Waals surface area (Å²) in [4.78, 5) is 0. The number of nitrogens with zero attached hydrogens (tertiary/aromatic N) is 3. The Hall–Kier alpha value is -0.990. The number of thiocyanates is 1. The molecular formula is C13H19N3OS. The molecular weight excluding hydrogens is 246 g/mol. The monoisotopic (exact) mass is 265 g/mol. The van der Waals surface area contributed by atoms with Crippen molar-refractivity contribution >= 4 is 11.8 Å². The van der Waals surface area contributed by atoms with Crippen molar-refractivity contribution in [2.45, 2.75) is 50.1 Å². The Morgan fingerprint density at radius 1 is 1.44 bits per heavy atom. The fourth-order valence-corrected chi connectivity index (χ4v) is 2.63. The minimum absolute atomic E-state index is 0.0412. The average molecular weight is 265 g/mol. The quantitative estimate of drug-likeness (QED) is 0.609. The van der Waals surface area contributed by atoms with E-state index in [2.05, 4.69) is 36.0 Å². The van der Waals surface area contributed by atoms with Gasteiger partial charge in [0.1, 0.15) is 10.4 Å². The van der Waals surface area contributed by atoms with Crippen LogP contribution in [0.4, 0.5) is 0 Å². The molecule has 1 fully saturated rings. The standard InChI is InChI=1S/C13H19N3OS/c1-13(2,3)11-8-12(18-9-14)15-16(11)10-4-6-17-7-5-10/h8,10H,4-7H2,1-3H3. The molecule has 1 aliphatic heterocycles. The second-order valence-corrected chi connectivity index (χ2v) is 6.40. The Morgan fingerprint density at radius 2 is 2.11 bits per heavy atom. The molecule has 4 nitrogen and oxygen atoms in total. The van der Waals surface area contributed by atoms with Crippen LogP contribution in [0.25, 0.3) is 0 Å². The van der Waals surface area contributed by atoms with Crippen LogP contribution in [0.3, 0.4) is 0 Å². The van der Waals surface area contributed by atoms with Crippen LogP contribution in [0.5, 0.6) is 0 Å². The van der Waals surface area contributed by atoms with Crippen LogP contribution in [0.2, 0.25) is 0 Å². The summed E-state index contributed by atoms with van der Waals surface area (Å²) < 4.78 is 7.52. The van der Waals surface area contributed by atoms with Crippen molar-refractivity contribution in [3.8, 4) is 5.40 Å². The SMILES string of the molecule is CC(C)(C)c1cc(SC#N)nn1C1CCOCC1. The number of aromatic nitrogens is 2. The predicted molar refractivity (Wildman–Crippen MR) is 71.5 cm³/mol. The normalized spacial score (nSPS) is 17.7. The summed E-state index contributed by atoms with van der Waals surface area (Å²) in [5, 5.41) is 16.3. The lowest BCUT2D eigenvalue weighted by Gasteiger charge is -2.28. The maximum atomic E-state index is 8.78.